The topological polar surface area (TPSA) is 41.8 Å². The summed E-state index contributed by atoms with van der Waals surface area (Å²) in [6, 6.07) is 3.73. The number of H-pyrrole nitrogens is 1. The van der Waals surface area contributed by atoms with Crippen LogP contribution in [0.2, 0.25) is 0 Å². The number of rotatable bonds is 2. The van der Waals surface area contributed by atoms with Gasteiger partial charge in [0.05, 0.1) is 10.8 Å². The van der Waals surface area contributed by atoms with Crippen LogP contribution in [0.25, 0.3) is 0 Å². The molecule has 0 saturated carbocycles. The van der Waals surface area contributed by atoms with Gasteiger partial charge >= 0.3 is 0 Å². The Bertz CT molecular complexity index is 246. The summed E-state index contributed by atoms with van der Waals surface area (Å²) in [4.78, 5) is 2.96. The van der Waals surface area contributed by atoms with Crippen LogP contribution in [0.4, 0.5) is 5.82 Å². The molecule has 0 fully saturated rings. The fraction of sp³-hybridized carbons (Fsp3) is 0.143. The minimum atomic E-state index is 0.680. The van der Waals surface area contributed by atoms with E-state index in [4.69, 9.17) is 12.2 Å². The van der Waals surface area contributed by atoms with Crippen molar-refractivity contribution in [1.82, 2.24) is 4.98 Å². The van der Waals surface area contributed by atoms with E-state index < -0.39 is 0 Å². The summed E-state index contributed by atoms with van der Waals surface area (Å²) in [5.41, 5.74) is 5.43. The Kier molecular flexibility index (Phi) is 2.30. The molecule has 52 valence electrons. The maximum atomic E-state index is 5.43. The number of aromatic amines is 1. The van der Waals surface area contributed by atoms with E-state index in [0.717, 1.165) is 5.03 Å². The molecule has 0 bridgehead atoms. The monoisotopic (exact) mass is 152 g/mol. The van der Waals surface area contributed by atoms with Crippen molar-refractivity contribution in [2.75, 3.05) is 11.5 Å². The van der Waals surface area contributed by atoms with E-state index in [0.29, 0.717) is 11.6 Å². The second-order valence-electron chi connectivity index (χ2n) is 1.77. The number of thioether (sulfide) groups is 1. The fourth-order valence-electron chi connectivity index (χ4n) is 0.595. The summed E-state index contributed by atoms with van der Waals surface area (Å²) in [6.45, 7) is 0. The van der Waals surface area contributed by atoms with Gasteiger partial charge in [-0.1, -0.05) is 17.7 Å². The molecule has 0 saturated heterocycles. The van der Waals surface area contributed by atoms with Crippen molar-refractivity contribution in [1.29, 1.82) is 0 Å². The van der Waals surface area contributed by atoms with E-state index in [1.165, 1.54) is 0 Å². The molecular formula is C7H8N2S. The zero-order valence-corrected chi connectivity index (χ0v) is 6.24. The van der Waals surface area contributed by atoms with E-state index in [1.54, 1.807) is 11.8 Å². The molecule has 0 atom stereocenters. The Labute approximate surface area is 64.2 Å². The summed E-state index contributed by atoms with van der Waals surface area (Å²) in [5, 5.41) is 1.02. The Morgan fingerprint density at radius 3 is 3.00 bits per heavy atom. The van der Waals surface area contributed by atoms with Gasteiger partial charge in [0.2, 0.25) is 0 Å². The third-order valence-electron chi connectivity index (χ3n) is 0.993. The van der Waals surface area contributed by atoms with Gasteiger partial charge in [-0.2, -0.15) is 0 Å². The van der Waals surface area contributed by atoms with Crippen LogP contribution < -0.4 is 5.73 Å². The summed E-state index contributed by atoms with van der Waals surface area (Å²) in [5.74, 6) is 3.89. The zero-order valence-electron chi connectivity index (χ0n) is 5.42. The van der Waals surface area contributed by atoms with Crippen molar-refractivity contribution in [2.24, 2.45) is 0 Å². The minimum absolute atomic E-state index is 0.680. The van der Waals surface area contributed by atoms with Crippen LogP contribution in [-0.4, -0.2) is 10.7 Å². The summed E-state index contributed by atoms with van der Waals surface area (Å²) < 4.78 is 0. The van der Waals surface area contributed by atoms with Crippen molar-refractivity contribution in [3.63, 3.8) is 0 Å². The van der Waals surface area contributed by atoms with Gasteiger partial charge in [-0.25, -0.2) is 0 Å². The van der Waals surface area contributed by atoms with E-state index in [2.05, 4.69) is 10.9 Å². The van der Waals surface area contributed by atoms with Crippen molar-refractivity contribution in [2.45, 2.75) is 5.03 Å². The number of terminal acetylenes is 1. The van der Waals surface area contributed by atoms with Gasteiger partial charge in [0.1, 0.15) is 5.82 Å². The third kappa shape index (κ3) is 1.74. The lowest BCUT2D eigenvalue weighted by Crippen LogP contribution is -1.82. The van der Waals surface area contributed by atoms with E-state index in [1.807, 2.05) is 12.1 Å². The molecule has 0 aliphatic rings. The average Bonchev–Trinajstić information content (AvgIpc) is 2.31. The SMILES string of the molecule is C#CCSc1ccc(N)[nH]1. The van der Waals surface area contributed by atoms with Crippen molar-refractivity contribution < 1.29 is 0 Å². The zero-order chi connectivity index (χ0) is 7.40. The lowest BCUT2D eigenvalue weighted by molar-refractivity contribution is 1.21. The number of nitrogen functional groups attached to an aromatic ring is 1. The number of aromatic nitrogens is 1. The Balaban J connectivity index is 2.52. The number of nitrogens with one attached hydrogen (secondary N) is 1. The predicted octanol–water partition coefficient (Wildman–Crippen LogP) is 1.32. The first kappa shape index (κ1) is 7.10. The molecule has 0 aliphatic heterocycles. The molecule has 1 aromatic heterocycles. The number of hydrogen-bond donors (Lipinski definition) is 2. The smallest absolute Gasteiger partial charge is 0.101 e. The molecule has 0 amide bonds. The van der Waals surface area contributed by atoms with E-state index in [-0.39, 0.29) is 0 Å². The fourth-order valence-corrected chi connectivity index (χ4v) is 1.19. The molecule has 10 heavy (non-hydrogen) atoms. The van der Waals surface area contributed by atoms with Gasteiger partial charge < -0.3 is 10.7 Å². The highest BCUT2D eigenvalue weighted by Gasteiger charge is 1.92. The standard InChI is InChI=1S/C7H8N2S/c1-2-5-10-7-4-3-6(8)9-7/h1,3-4,9H,5,8H2. The first-order valence-corrected chi connectivity index (χ1v) is 3.82. The van der Waals surface area contributed by atoms with Gasteiger partial charge in [0.25, 0.3) is 0 Å². The predicted molar refractivity (Wildman–Crippen MR) is 44.8 cm³/mol. The van der Waals surface area contributed by atoms with Crippen molar-refractivity contribution in [3.8, 4) is 12.3 Å². The Morgan fingerprint density at radius 2 is 2.50 bits per heavy atom. The molecule has 0 radical (unpaired) electrons. The van der Waals surface area contributed by atoms with Gasteiger partial charge in [-0.15, -0.1) is 6.42 Å². The normalized spacial score (nSPS) is 9.10. The highest BCUT2D eigenvalue weighted by molar-refractivity contribution is 7.99. The first-order chi connectivity index (χ1) is 4.83. The maximum Gasteiger partial charge on any atom is 0.101 e. The van der Waals surface area contributed by atoms with Crippen molar-refractivity contribution in [3.05, 3.63) is 12.1 Å². The Hall–Kier alpha value is -1.01. The van der Waals surface area contributed by atoms with Gasteiger partial charge in [0.15, 0.2) is 0 Å². The van der Waals surface area contributed by atoms with Crippen LogP contribution in [0.1, 0.15) is 0 Å². The van der Waals surface area contributed by atoms with Crippen LogP contribution in [0.3, 0.4) is 0 Å². The molecule has 2 nitrogen and oxygen atoms in total. The molecule has 3 N–H and O–H groups in total. The summed E-state index contributed by atoms with van der Waals surface area (Å²) in [6.07, 6.45) is 5.07. The molecule has 0 aromatic carbocycles. The molecule has 0 spiro atoms. The minimum Gasteiger partial charge on any atom is -0.385 e. The third-order valence-corrected chi connectivity index (χ3v) is 1.85. The number of anilines is 1. The average molecular weight is 152 g/mol. The van der Waals surface area contributed by atoms with Crippen LogP contribution in [-0.2, 0) is 0 Å². The molecule has 3 heteroatoms. The van der Waals surface area contributed by atoms with Gasteiger partial charge in [-0.3, -0.25) is 0 Å². The summed E-state index contributed by atoms with van der Waals surface area (Å²) >= 11 is 1.57. The van der Waals surface area contributed by atoms with E-state index >= 15 is 0 Å². The maximum absolute atomic E-state index is 5.43. The molecule has 0 aliphatic carbocycles. The summed E-state index contributed by atoms with van der Waals surface area (Å²) in [7, 11) is 0. The van der Waals surface area contributed by atoms with E-state index in [9.17, 15) is 0 Å². The molecule has 1 heterocycles. The second-order valence-corrected chi connectivity index (χ2v) is 2.79. The van der Waals surface area contributed by atoms with Gasteiger partial charge in [0, 0.05) is 0 Å². The van der Waals surface area contributed by atoms with Crippen LogP contribution in [0, 0.1) is 12.3 Å². The van der Waals surface area contributed by atoms with Crippen LogP contribution >= 0.6 is 11.8 Å². The highest BCUT2D eigenvalue weighted by Crippen LogP contribution is 2.16. The van der Waals surface area contributed by atoms with Crippen molar-refractivity contribution >= 4 is 17.6 Å². The molecule has 1 aromatic rings. The molecular weight excluding hydrogens is 144 g/mol. The van der Waals surface area contributed by atoms with Crippen LogP contribution in [0.5, 0.6) is 0 Å². The lowest BCUT2D eigenvalue weighted by Gasteiger charge is -1.89. The van der Waals surface area contributed by atoms with Crippen LogP contribution in [0.15, 0.2) is 17.2 Å². The number of hydrogen-bond acceptors (Lipinski definition) is 2. The number of nitrogens with two attached hydrogens (primary N) is 1. The lowest BCUT2D eigenvalue weighted by atomic mass is 10.6. The highest BCUT2D eigenvalue weighted by atomic mass is 32.2. The second kappa shape index (κ2) is 3.23. The first-order valence-electron chi connectivity index (χ1n) is 2.83. The quantitative estimate of drug-likeness (QED) is 0.495. The molecule has 1 rings (SSSR count). The van der Waals surface area contributed by atoms with Gasteiger partial charge in [-0.05, 0) is 12.1 Å². The Morgan fingerprint density at radius 1 is 1.70 bits per heavy atom. The largest absolute Gasteiger partial charge is 0.385 e. The molecule has 0 unspecified atom stereocenters.